The Bertz CT molecular complexity index is 512. The number of unbranched alkanes of at least 4 members (excludes halogenated alkanes) is 1. The van der Waals surface area contributed by atoms with Gasteiger partial charge in [-0.2, -0.15) is 8.42 Å². The maximum absolute atomic E-state index is 11.4. The summed E-state index contributed by atoms with van der Waals surface area (Å²) in [5, 5.41) is 15.6. The first-order valence-corrected chi connectivity index (χ1v) is 6.91. The summed E-state index contributed by atoms with van der Waals surface area (Å²) in [6.07, 6.45) is 1.48. The summed E-state index contributed by atoms with van der Waals surface area (Å²) in [5.74, 6) is 0. The van der Waals surface area contributed by atoms with Crippen LogP contribution < -0.4 is 9.44 Å². The van der Waals surface area contributed by atoms with E-state index in [9.17, 15) is 18.5 Å². The van der Waals surface area contributed by atoms with Crippen molar-refractivity contribution >= 4 is 21.6 Å². The topological polar surface area (TPSA) is 107 Å². The van der Waals surface area contributed by atoms with Crippen LogP contribution in [0.3, 0.4) is 0 Å². The molecule has 0 amide bonds. The summed E-state index contributed by atoms with van der Waals surface area (Å²) in [7, 11) is -3.86. The molecule has 0 aliphatic heterocycles. The molecule has 1 rings (SSSR count). The number of nitro benzene ring substituents is 1. The van der Waals surface area contributed by atoms with Gasteiger partial charge in [-0.05, 0) is 18.6 Å². The number of hydrogen-bond acceptors (Lipinski definition) is 4. The van der Waals surface area contributed by atoms with E-state index in [4.69, 9.17) is 5.14 Å². The number of hydrogen-bond donors (Lipinski definition) is 1. The molecule has 0 aromatic heterocycles. The van der Waals surface area contributed by atoms with Crippen molar-refractivity contribution in [2.75, 3.05) is 10.8 Å². The molecule has 0 atom stereocenters. The fraction of sp³-hybridized carbons (Fsp3) is 0.400. The van der Waals surface area contributed by atoms with Gasteiger partial charge in [0.25, 0.3) is 15.9 Å². The fourth-order valence-corrected chi connectivity index (χ4v) is 2.24. The Balaban J connectivity index is 3.02. The van der Waals surface area contributed by atoms with Crippen molar-refractivity contribution in [1.82, 2.24) is 0 Å². The quantitative estimate of drug-likeness (QED) is 0.624. The average molecular weight is 273 g/mol. The molecule has 0 aliphatic carbocycles. The van der Waals surface area contributed by atoms with Crippen LogP contribution in [0.25, 0.3) is 0 Å². The van der Waals surface area contributed by atoms with Crippen molar-refractivity contribution in [2.45, 2.75) is 19.8 Å². The van der Waals surface area contributed by atoms with Crippen LogP contribution in [0.5, 0.6) is 0 Å². The van der Waals surface area contributed by atoms with Gasteiger partial charge in [0.15, 0.2) is 0 Å². The first kappa shape index (κ1) is 14.4. The lowest BCUT2D eigenvalue weighted by atomic mass is 10.2. The third-order valence-electron chi connectivity index (χ3n) is 2.37. The lowest BCUT2D eigenvalue weighted by molar-refractivity contribution is -0.384. The molecule has 18 heavy (non-hydrogen) atoms. The van der Waals surface area contributed by atoms with Gasteiger partial charge in [0.05, 0.1) is 10.6 Å². The molecule has 0 saturated heterocycles. The number of nitro groups is 1. The van der Waals surface area contributed by atoms with E-state index >= 15 is 0 Å². The van der Waals surface area contributed by atoms with E-state index in [0.29, 0.717) is 12.1 Å². The molecule has 0 heterocycles. The lowest BCUT2D eigenvalue weighted by Crippen LogP contribution is -2.37. The van der Waals surface area contributed by atoms with E-state index in [1.165, 1.54) is 24.3 Å². The van der Waals surface area contributed by atoms with Gasteiger partial charge in [0.1, 0.15) is 0 Å². The molecule has 0 aliphatic rings. The van der Waals surface area contributed by atoms with Crippen molar-refractivity contribution in [3.63, 3.8) is 0 Å². The van der Waals surface area contributed by atoms with Gasteiger partial charge >= 0.3 is 0 Å². The van der Waals surface area contributed by atoms with Crippen LogP contribution in [0.4, 0.5) is 11.4 Å². The third-order valence-corrected chi connectivity index (χ3v) is 3.38. The summed E-state index contributed by atoms with van der Waals surface area (Å²) >= 11 is 0. The Morgan fingerprint density at radius 1 is 1.33 bits per heavy atom. The summed E-state index contributed by atoms with van der Waals surface area (Å²) in [4.78, 5) is 9.96. The molecular weight excluding hydrogens is 258 g/mol. The van der Waals surface area contributed by atoms with Crippen LogP contribution in [0.2, 0.25) is 0 Å². The minimum atomic E-state index is -3.86. The minimum absolute atomic E-state index is 0.0939. The number of nitrogens with two attached hydrogens (primary N) is 1. The zero-order valence-corrected chi connectivity index (χ0v) is 10.8. The highest BCUT2D eigenvalue weighted by Crippen LogP contribution is 2.21. The molecule has 0 bridgehead atoms. The number of rotatable bonds is 6. The molecule has 1 aromatic carbocycles. The maximum atomic E-state index is 11.4. The van der Waals surface area contributed by atoms with Gasteiger partial charge in [0, 0.05) is 18.7 Å². The molecule has 0 unspecified atom stereocenters. The number of nitrogens with zero attached hydrogens (tertiary/aromatic N) is 2. The van der Waals surface area contributed by atoms with E-state index in [-0.39, 0.29) is 12.2 Å². The van der Waals surface area contributed by atoms with Crippen LogP contribution in [-0.2, 0) is 10.2 Å². The van der Waals surface area contributed by atoms with Crippen molar-refractivity contribution in [1.29, 1.82) is 0 Å². The Morgan fingerprint density at radius 2 is 1.89 bits per heavy atom. The van der Waals surface area contributed by atoms with Gasteiger partial charge in [-0.3, -0.25) is 14.4 Å². The van der Waals surface area contributed by atoms with Gasteiger partial charge in [-0.25, -0.2) is 5.14 Å². The monoisotopic (exact) mass is 273 g/mol. The van der Waals surface area contributed by atoms with Gasteiger partial charge in [-0.15, -0.1) is 0 Å². The van der Waals surface area contributed by atoms with Crippen molar-refractivity contribution < 1.29 is 13.3 Å². The second-order valence-electron chi connectivity index (χ2n) is 3.74. The van der Waals surface area contributed by atoms with Gasteiger partial charge in [-0.1, -0.05) is 13.3 Å². The number of anilines is 1. The molecule has 0 fully saturated rings. The smallest absolute Gasteiger partial charge is 0.258 e. The van der Waals surface area contributed by atoms with Gasteiger partial charge < -0.3 is 0 Å². The van der Waals surface area contributed by atoms with Gasteiger partial charge in [0.2, 0.25) is 0 Å². The number of benzene rings is 1. The molecule has 8 heteroatoms. The Kier molecular flexibility index (Phi) is 4.62. The second kappa shape index (κ2) is 5.78. The molecule has 2 N–H and O–H groups in total. The normalized spacial score (nSPS) is 11.2. The van der Waals surface area contributed by atoms with E-state index in [0.717, 1.165) is 10.7 Å². The summed E-state index contributed by atoms with van der Waals surface area (Å²) in [5.41, 5.74) is 0.236. The highest BCUT2D eigenvalue weighted by molar-refractivity contribution is 7.90. The van der Waals surface area contributed by atoms with E-state index in [1.807, 2.05) is 6.92 Å². The van der Waals surface area contributed by atoms with Crippen molar-refractivity contribution in [3.05, 3.63) is 34.4 Å². The number of non-ortho nitro benzene ring substituents is 1. The molecule has 0 saturated carbocycles. The van der Waals surface area contributed by atoms with E-state index in [2.05, 4.69) is 0 Å². The minimum Gasteiger partial charge on any atom is -0.258 e. The van der Waals surface area contributed by atoms with E-state index in [1.54, 1.807) is 0 Å². The molecule has 7 nitrogen and oxygen atoms in total. The van der Waals surface area contributed by atoms with Crippen LogP contribution in [0.1, 0.15) is 19.8 Å². The first-order valence-electron chi connectivity index (χ1n) is 5.41. The van der Waals surface area contributed by atoms with E-state index < -0.39 is 15.1 Å². The lowest BCUT2D eigenvalue weighted by Gasteiger charge is -2.21. The SMILES string of the molecule is CCCCN(c1ccc([N+](=O)[O-])cc1)S(N)(=O)=O. The molecule has 0 radical (unpaired) electrons. The fourth-order valence-electron chi connectivity index (χ4n) is 1.45. The Labute approximate surface area is 106 Å². The Morgan fingerprint density at radius 3 is 2.28 bits per heavy atom. The molecular formula is C10H15N3O4S. The van der Waals surface area contributed by atoms with Crippen LogP contribution in [0.15, 0.2) is 24.3 Å². The highest BCUT2D eigenvalue weighted by atomic mass is 32.2. The zero-order valence-electron chi connectivity index (χ0n) is 9.94. The van der Waals surface area contributed by atoms with Crippen LogP contribution in [-0.4, -0.2) is 19.9 Å². The van der Waals surface area contributed by atoms with Crippen LogP contribution >= 0.6 is 0 Å². The molecule has 100 valence electrons. The third kappa shape index (κ3) is 3.67. The summed E-state index contributed by atoms with van der Waals surface area (Å²) in [6, 6.07) is 5.25. The van der Waals surface area contributed by atoms with Crippen molar-refractivity contribution in [2.24, 2.45) is 5.14 Å². The Hall–Kier alpha value is -1.67. The van der Waals surface area contributed by atoms with Crippen molar-refractivity contribution in [3.8, 4) is 0 Å². The zero-order chi connectivity index (χ0) is 13.8. The maximum Gasteiger partial charge on any atom is 0.298 e. The predicted molar refractivity (Wildman–Crippen MR) is 68.5 cm³/mol. The molecule has 0 spiro atoms. The largest absolute Gasteiger partial charge is 0.298 e. The average Bonchev–Trinajstić information content (AvgIpc) is 2.28. The summed E-state index contributed by atoms with van der Waals surface area (Å²) < 4.78 is 23.9. The predicted octanol–water partition coefficient (Wildman–Crippen LogP) is 1.40. The molecule has 1 aromatic rings. The standard InChI is InChI=1S/C10H15N3O4S/c1-2-3-8-12(18(11,16)17)9-4-6-10(7-5-9)13(14)15/h4-7H,2-3,8H2,1H3,(H2,11,16,17). The second-order valence-corrected chi connectivity index (χ2v) is 5.21. The first-order chi connectivity index (χ1) is 8.36. The summed E-state index contributed by atoms with van der Waals surface area (Å²) in [6.45, 7) is 2.18. The van der Waals surface area contributed by atoms with Crippen LogP contribution in [0, 0.1) is 10.1 Å². The highest BCUT2D eigenvalue weighted by Gasteiger charge is 2.18.